The molecular weight excluding hydrogens is 214 g/mol. The number of hydrogen-bond donors (Lipinski definition) is 0. The molecule has 0 N–H and O–H groups in total. The summed E-state index contributed by atoms with van der Waals surface area (Å²) in [5, 5.41) is 0. The van der Waals surface area contributed by atoms with Crippen LogP contribution in [0.1, 0.15) is 13.8 Å². The third-order valence-electron chi connectivity index (χ3n) is 1.29. The molecule has 0 aliphatic carbocycles. The Hall–Kier alpha value is 0.330. The summed E-state index contributed by atoms with van der Waals surface area (Å²) in [6, 6.07) is 0. The van der Waals surface area contributed by atoms with E-state index < -0.39 is 0 Å². The Balaban J connectivity index is -0.000000107. The van der Waals surface area contributed by atoms with Crippen LogP contribution < -0.4 is 0 Å². The molecule has 6 heteroatoms. The van der Waals surface area contributed by atoms with Crippen LogP contribution >= 0.6 is 23.2 Å². The zero-order valence-electron chi connectivity index (χ0n) is 7.13. The highest BCUT2D eigenvalue weighted by atomic mass is 35.5. The van der Waals surface area contributed by atoms with Gasteiger partial charge in [-0.3, -0.25) is 14.1 Å². The first-order valence-electron chi connectivity index (χ1n) is 3.21. The fraction of sp³-hybridized carbons (Fsp3) is 1.00. The Kier molecular flexibility index (Phi) is 26.4. The number of hydrogen-bond acceptors (Lipinski definition) is 1. The van der Waals surface area contributed by atoms with Crippen molar-refractivity contribution in [3.63, 3.8) is 0 Å². The summed E-state index contributed by atoms with van der Waals surface area (Å²) in [5.74, 6) is 0. The van der Waals surface area contributed by atoms with Crippen molar-refractivity contribution >= 4 is 23.2 Å². The maximum Gasteiger partial charge on any atom is 0.120 e. The van der Waals surface area contributed by atoms with Gasteiger partial charge in [-0.15, -0.1) is 23.2 Å². The first-order valence-corrected chi connectivity index (χ1v) is 4.08. The molecule has 0 heterocycles. The lowest BCUT2D eigenvalue weighted by Gasteiger charge is -2.17. The minimum Gasteiger partial charge on any atom is -0.301 e. The zero-order chi connectivity index (χ0) is 7.28. The van der Waals surface area contributed by atoms with Gasteiger partial charge in [-0.25, -0.2) is 0 Å². The molecule has 0 amide bonds. The van der Waals surface area contributed by atoms with E-state index in [0.29, 0.717) is 0 Å². The fourth-order valence-electron chi connectivity index (χ4n) is 0.677. The molecular formula is C6H16Cl2F3N. The van der Waals surface area contributed by atoms with Gasteiger partial charge in [0.2, 0.25) is 0 Å². The van der Waals surface area contributed by atoms with E-state index in [1.54, 1.807) is 0 Å². The SMILES string of the molecule is CCN(CC)CC(Cl)Cl.F.F.F. The molecule has 80 valence electrons. The highest BCUT2D eigenvalue weighted by Crippen LogP contribution is 2.03. The molecule has 0 aromatic carbocycles. The largest absolute Gasteiger partial charge is 0.301 e. The van der Waals surface area contributed by atoms with Crippen molar-refractivity contribution in [2.75, 3.05) is 19.6 Å². The summed E-state index contributed by atoms with van der Waals surface area (Å²) in [6.07, 6.45) is 0. The van der Waals surface area contributed by atoms with Crippen LogP contribution in [-0.4, -0.2) is 29.4 Å². The van der Waals surface area contributed by atoms with Crippen LogP contribution in [0.2, 0.25) is 0 Å². The minimum atomic E-state index is -0.245. The van der Waals surface area contributed by atoms with Crippen LogP contribution in [0.25, 0.3) is 0 Å². The van der Waals surface area contributed by atoms with E-state index in [0.717, 1.165) is 19.6 Å². The summed E-state index contributed by atoms with van der Waals surface area (Å²) in [6.45, 7) is 7.01. The first kappa shape index (κ1) is 22.8. The van der Waals surface area contributed by atoms with Gasteiger partial charge in [0, 0.05) is 6.54 Å². The van der Waals surface area contributed by atoms with Gasteiger partial charge < -0.3 is 4.90 Å². The Morgan fingerprint density at radius 3 is 1.42 bits per heavy atom. The molecule has 0 radical (unpaired) electrons. The second-order valence-corrected chi connectivity index (χ2v) is 3.15. The van der Waals surface area contributed by atoms with Crippen LogP contribution in [0.3, 0.4) is 0 Å². The molecule has 0 aromatic heterocycles. The minimum absolute atomic E-state index is 0. The van der Waals surface area contributed by atoms with Gasteiger partial charge in [0.15, 0.2) is 0 Å². The van der Waals surface area contributed by atoms with E-state index in [9.17, 15) is 0 Å². The van der Waals surface area contributed by atoms with Gasteiger partial charge >= 0.3 is 0 Å². The molecule has 0 bridgehead atoms. The molecule has 0 aliphatic heterocycles. The molecule has 0 fully saturated rings. The summed E-state index contributed by atoms with van der Waals surface area (Å²) in [4.78, 5) is 1.94. The van der Waals surface area contributed by atoms with E-state index in [1.165, 1.54) is 0 Å². The number of halogens is 5. The van der Waals surface area contributed by atoms with Gasteiger partial charge in [0.05, 0.1) is 0 Å². The van der Waals surface area contributed by atoms with Gasteiger partial charge in [-0.1, -0.05) is 13.8 Å². The van der Waals surface area contributed by atoms with Crippen LogP contribution in [0.4, 0.5) is 14.1 Å². The van der Waals surface area contributed by atoms with Crippen LogP contribution in [-0.2, 0) is 0 Å². The van der Waals surface area contributed by atoms with E-state index in [1.807, 2.05) is 0 Å². The quantitative estimate of drug-likeness (QED) is 0.671. The highest BCUT2D eigenvalue weighted by Gasteiger charge is 2.03. The molecule has 0 aromatic rings. The van der Waals surface area contributed by atoms with E-state index in [2.05, 4.69) is 18.7 Å². The second kappa shape index (κ2) is 13.9. The standard InChI is InChI=1S/C6H13Cl2N.3FH/c1-3-9(4-2)5-6(7)8;;;/h6H,3-5H2,1-2H3;3*1H. The first-order chi connectivity index (χ1) is 4.20. The molecule has 0 rings (SSSR count). The molecule has 0 unspecified atom stereocenters. The van der Waals surface area contributed by atoms with Gasteiger partial charge in [-0.2, -0.15) is 0 Å². The number of nitrogens with zero attached hydrogens (tertiary/aromatic N) is 1. The van der Waals surface area contributed by atoms with Crippen molar-refractivity contribution in [3.05, 3.63) is 0 Å². The average Bonchev–Trinajstić information content (AvgIpc) is 1.82. The van der Waals surface area contributed by atoms with Crippen molar-refractivity contribution in [2.45, 2.75) is 18.7 Å². The predicted octanol–water partition coefficient (Wildman–Crippen LogP) is 2.59. The van der Waals surface area contributed by atoms with Gasteiger partial charge in [0.1, 0.15) is 4.84 Å². The average molecular weight is 230 g/mol. The normalized spacial score (nSPS) is 8.50. The van der Waals surface area contributed by atoms with E-state index in [4.69, 9.17) is 23.2 Å². The van der Waals surface area contributed by atoms with Crippen LogP contribution in [0, 0.1) is 0 Å². The second-order valence-electron chi connectivity index (χ2n) is 1.88. The van der Waals surface area contributed by atoms with Crippen molar-refractivity contribution < 1.29 is 14.1 Å². The maximum atomic E-state index is 5.55. The summed E-state index contributed by atoms with van der Waals surface area (Å²) >= 11 is 11.1. The topological polar surface area (TPSA) is 3.24 Å². The fourth-order valence-corrected chi connectivity index (χ4v) is 1.07. The van der Waals surface area contributed by atoms with E-state index in [-0.39, 0.29) is 18.9 Å². The smallest absolute Gasteiger partial charge is 0.120 e. The molecule has 0 atom stereocenters. The zero-order valence-corrected chi connectivity index (χ0v) is 8.64. The monoisotopic (exact) mass is 229 g/mol. The third kappa shape index (κ3) is 13.0. The van der Waals surface area contributed by atoms with Crippen molar-refractivity contribution in [1.82, 2.24) is 4.90 Å². The highest BCUT2D eigenvalue weighted by molar-refractivity contribution is 6.44. The number of alkyl halides is 2. The Morgan fingerprint density at radius 2 is 1.33 bits per heavy atom. The maximum absolute atomic E-state index is 5.55. The van der Waals surface area contributed by atoms with Crippen molar-refractivity contribution in [3.8, 4) is 0 Å². The molecule has 0 saturated carbocycles. The lowest BCUT2D eigenvalue weighted by molar-refractivity contribution is 0.317. The lowest BCUT2D eigenvalue weighted by Crippen LogP contribution is -2.27. The third-order valence-corrected chi connectivity index (χ3v) is 1.57. The van der Waals surface area contributed by atoms with Crippen molar-refractivity contribution in [1.29, 1.82) is 0 Å². The summed E-state index contributed by atoms with van der Waals surface area (Å²) in [5.41, 5.74) is 0. The van der Waals surface area contributed by atoms with Crippen molar-refractivity contribution in [2.24, 2.45) is 0 Å². The summed E-state index contributed by atoms with van der Waals surface area (Å²) < 4.78 is 0. The van der Waals surface area contributed by atoms with Gasteiger partial charge in [0.25, 0.3) is 0 Å². The molecule has 12 heavy (non-hydrogen) atoms. The predicted molar refractivity (Wildman–Crippen MR) is 50.8 cm³/mol. The molecule has 0 aliphatic rings. The van der Waals surface area contributed by atoms with Crippen LogP contribution in [0.15, 0.2) is 0 Å². The molecule has 0 saturated heterocycles. The van der Waals surface area contributed by atoms with E-state index >= 15 is 0 Å². The lowest BCUT2D eigenvalue weighted by atomic mass is 10.5. The Labute approximate surface area is 81.1 Å². The number of rotatable bonds is 4. The summed E-state index contributed by atoms with van der Waals surface area (Å²) in [7, 11) is 0. The van der Waals surface area contributed by atoms with Crippen LogP contribution in [0.5, 0.6) is 0 Å². The Morgan fingerprint density at radius 1 is 1.00 bits per heavy atom. The van der Waals surface area contributed by atoms with Gasteiger partial charge in [-0.05, 0) is 13.1 Å². The molecule has 1 nitrogen and oxygen atoms in total. The Bertz CT molecular complexity index is 71.8. The molecule has 0 spiro atoms.